The van der Waals surface area contributed by atoms with Gasteiger partial charge in [0.15, 0.2) is 0 Å². The molecule has 4 aromatic rings. The third-order valence-electron chi connectivity index (χ3n) is 6.05. The van der Waals surface area contributed by atoms with Crippen LogP contribution in [-0.2, 0) is 6.54 Å². The number of hydrogen-bond donors (Lipinski definition) is 1. The van der Waals surface area contributed by atoms with Crippen molar-refractivity contribution in [3.8, 4) is 0 Å². The van der Waals surface area contributed by atoms with Crippen molar-refractivity contribution in [2.45, 2.75) is 45.2 Å². The Labute approximate surface area is 191 Å². The summed E-state index contributed by atoms with van der Waals surface area (Å²) in [5.41, 5.74) is 9.87. The Hall–Kier alpha value is -3.94. The number of carbonyl (C=O) groups is 1. The van der Waals surface area contributed by atoms with Crippen LogP contribution in [-0.4, -0.2) is 36.0 Å². The van der Waals surface area contributed by atoms with Gasteiger partial charge < -0.3 is 10.6 Å². The highest BCUT2D eigenvalue weighted by Gasteiger charge is 2.27. The second-order valence-electron chi connectivity index (χ2n) is 8.54. The van der Waals surface area contributed by atoms with E-state index in [0.717, 1.165) is 27.9 Å². The number of rotatable bonds is 6. The van der Waals surface area contributed by atoms with Crippen LogP contribution in [0.3, 0.4) is 0 Å². The molecule has 1 fully saturated rings. The average molecular weight is 440 g/mol. The summed E-state index contributed by atoms with van der Waals surface area (Å²) in [7, 11) is 0. The Morgan fingerprint density at radius 2 is 1.91 bits per heavy atom. The Balaban J connectivity index is 1.49. The zero-order chi connectivity index (χ0) is 22.9. The molecular formula is C25H25N7O. The Morgan fingerprint density at radius 1 is 1.12 bits per heavy atom. The lowest BCUT2D eigenvalue weighted by molar-refractivity contribution is 0.0663. The van der Waals surface area contributed by atoms with Gasteiger partial charge in [0.05, 0.1) is 29.5 Å². The van der Waals surface area contributed by atoms with Crippen molar-refractivity contribution in [1.82, 2.24) is 30.0 Å². The van der Waals surface area contributed by atoms with E-state index >= 15 is 0 Å². The van der Waals surface area contributed by atoms with Crippen molar-refractivity contribution >= 4 is 22.6 Å². The fourth-order valence-corrected chi connectivity index (χ4v) is 3.87. The molecule has 1 aliphatic rings. The summed E-state index contributed by atoms with van der Waals surface area (Å²) < 4.78 is 0. The van der Waals surface area contributed by atoms with E-state index < -0.39 is 0 Å². The number of aryl methyl sites for hydroxylation is 1. The summed E-state index contributed by atoms with van der Waals surface area (Å²) in [6, 6.07) is 12.8. The number of carbonyl (C=O) groups excluding carboxylic acids is 1. The number of pyridine rings is 1. The molecule has 5 rings (SSSR count). The minimum atomic E-state index is -0.356. The molecule has 1 atom stereocenters. The maximum atomic E-state index is 13.7. The molecule has 2 N–H and O–H groups in total. The fourth-order valence-electron chi connectivity index (χ4n) is 3.87. The third kappa shape index (κ3) is 4.37. The number of nitrogen functional groups attached to an aromatic ring is 1. The molecule has 0 spiro atoms. The van der Waals surface area contributed by atoms with Gasteiger partial charge in [-0.05, 0) is 74.7 Å². The van der Waals surface area contributed by atoms with Gasteiger partial charge in [0.1, 0.15) is 11.6 Å². The SMILES string of the molecule is Cc1cc2cc(C(=O)N(Cc3ccc(C4CC4)nn3)[C@H](C)c3ncccn3)ccc2nc1N. The van der Waals surface area contributed by atoms with Gasteiger partial charge >= 0.3 is 0 Å². The molecule has 8 heteroatoms. The van der Waals surface area contributed by atoms with Crippen LogP contribution in [0.15, 0.2) is 54.9 Å². The molecule has 1 aliphatic carbocycles. The van der Waals surface area contributed by atoms with Gasteiger partial charge in [0.25, 0.3) is 5.91 Å². The standard InChI is InChI=1S/C25H25N7O/c1-15-12-19-13-18(6-8-21(19)29-23(15)26)25(33)32(16(2)24-27-10-3-11-28-24)14-20-7-9-22(31-30-20)17-4-5-17/h3,6-13,16-17H,4-5,14H2,1-2H3,(H2,26,29)/t16-/m1/s1. The number of fused-ring (bicyclic) bond motifs is 1. The smallest absolute Gasteiger partial charge is 0.254 e. The summed E-state index contributed by atoms with van der Waals surface area (Å²) >= 11 is 0. The number of hydrogen-bond acceptors (Lipinski definition) is 7. The van der Waals surface area contributed by atoms with E-state index in [1.54, 1.807) is 29.4 Å². The first-order valence-corrected chi connectivity index (χ1v) is 11.1. The highest BCUT2D eigenvalue weighted by molar-refractivity contribution is 5.98. The van der Waals surface area contributed by atoms with Crippen molar-refractivity contribution in [1.29, 1.82) is 0 Å². The van der Waals surface area contributed by atoms with Gasteiger partial charge in [0, 0.05) is 29.3 Å². The molecule has 3 aromatic heterocycles. The summed E-state index contributed by atoms with van der Waals surface area (Å²) in [6.45, 7) is 4.13. The van der Waals surface area contributed by atoms with Crippen LogP contribution < -0.4 is 5.73 Å². The van der Waals surface area contributed by atoms with Crippen LogP contribution in [0.5, 0.6) is 0 Å². The molecule has 1 saturated carbocycles. The second kappa shape index (κ2) is 8.54. The zero-order valence-corrected chi connectivity index (χ0v) is 18.6. The lowest BCUT2D eigenvalue weighted by Crippen LogP contribution is -2.34. The van der Waals surface area contributed by atoms with E-state index in [-0.39, 0.29) is 11.9 Å². The Kier molecular flexibility index (Phi) is 5.42. The Morgan fingerprint density at radius 3 is 2.61 bits per heavy atom. The summed E-state index contributed by atoms with van der Waals surface area (Å²) in [5.74, 6) is 1.45. The molecule has 0 bridgehead atoms. The number of nitrogens with two attached hydrogens (primary N) is 1. The molecule has 1 amide bonds. The predicted octanol–water partition coefficient (Wildman–Crippen LogP) is 3.99. The first-order chi connectivity index (χ1) is 16.0. The zero-order valence-electron chi connectivity index (χ0n) is 18.6. The van der Waals surface area contributed by atoms with Gasteiger partial charge in [-0.3, -0.25) is 4.79 Å². The lowest BCUT2D eigenvalue weighted by atomic mass is 10.1. The van der Waals surface area contributed by atoms with Gasteiger partial charge in [0.2, 0.25) is 0 Å². The van der Waals surface area contributed by atoms with Gasteiger partial charge in [-0.1, -0.05) is 0 Å². The molecular weight excluding hydrogens is 414 g/mol. The predicted molar refractivity (Wildman–Crippen MR) is 125 cm³/mol. The molecule has 0 saturated heterocycles. The molecule has 1 aromatic carbocycles. The number of benzene rings is 1. The molecule has 0 aliphatic heterocycles. The highest BCUT2D eigenvalue weighted by Crippen LogP contribution is 2.38. The monoisotopic (exact) mass is 439 g/mol. The van der Waals surface area contributed by atoms with Crippen LogP contribution >= 0.6 is 0 Å². The van der Waals surface area contributed by atoms with Crippen LogP contribution in [0.2, 0.25) is 0 Å². The molecule has 0 radical (unpaired) electrons. The van der Waals surface area contributed by atoms with Crippen molar-refractivity contribution in [2.75, 3.05) is 5.73 Å². The largest absolute Gasteiger partial charge is 0.383 e. The molecule has 3 heterocycles. The van der Waals surface area contributed by atoms with Crippen LogP contribution in [0, 0.1) is 6.92 Å². The van der Waals surface area contributed by atoms with Gasteiger partial charge in [-0.15, -0.1) is 0 Å². The van der Waals surface area contributed by atoms with Crippen molar-refractivity contribution in [3.05, 3.63) is 83.2 Å². The van der Waals surface area contributed by atoms with E-state index in [2.05, 4.69) is 25.1 Å². The number of amides is 1. The highest BCUT2D eigenvalue weighted by atomic mass is 16.2. The minimum Gasteiger partial charge on any atom is -0.383 e. The first kappa shape index (κ1) is 20.9. The molecule has 33 heavy (non-hydrogen) atoms. The first-order valence-electron chi connectivity index (χ1n) is 11.1. The lowest BCUT2D eigenvalue weighted by Gasteiger charge is -2.28. The maximum Gasteiger partial charge on any atom is 0.254 e. The number of anilines is 1. The average Bonchev–Trinajstić information content (AvgIpc) is 3.69. The van der Waals surface area contributed by atoms with Crippen molar-refractivity contribution in [2.24, 2.45) is 0 Å². The van der Waals surface area contributed by atoms with E-state index in [1.807, 2.05) is 44.2 Å². The van der Waals surface area contributed by atoms with E-state index in [4.69, 9.17) is 5.73 Å². The van der Waals surface area contributed by atoms with Crippen molar-refractivity contribution < 1.29 is 4.79 Å². The van der Waals surface area contributed by atoms with Gasteiger partial charge in [-0.25, -0.2) is 15.0 Å². The Bertz CT molecular complexity index is 1300. The molecule has 166 valence electrons. The van der Waals surface area contributed by atoms with Gasteiger partial charge in [-0.2, -0.15) is 10.2 Å². The third-order valence-corrected chi connectivity index (χ3v) is 6.05. The maximum absolute atomic E-state index is 13.7. The van der Waals surface area contributed by atoms with Crippen LogP contribution in [0.4, 0.5) is 5.82 Å². The fraction of sp³-hybridized carbons (Fsp3) is 0.280. The van der Waals surface area contributed by atoms with E-state index in [0.29, 0.717) is 29.7 Å². The van der Waals surface area contributed by atoms with Crippen LogP contribution in [0.1, 0.15) is 64.9 Å². The minimum absolute atomic E-state index is 0.139. The van der Waals surface area contributed by atoms with E-state index in [9.17, 15) is 4.79 Å². The van der Waals surface area contributed by atoms with E-state index in [1.165, 1.54) is 12.8 Å². The number of aromatic nitrogens is 5. The molecule has 0 unspecified atom stereocenters. The normalized spacial score (nSPS) is 14.2. The quantitative estimate of drug-likeness (QED) is 0.483. The van der Waals surface area contributed by atoms with Crippen molar-refractivity contribution in [3.63, 3.8) is 0 Å². The number of nitrogens with zero attached hydrogens (tertiary/aromatic N) is 6. The topological polar surface area (TPSA) is 111 Å². The summed E-state index contributed by atoms with van der Waals surface area (Å²) in [6.07, 6.45) is 5.70. The summed E-state index contributed by atoms with van der Waals surface area (Å²) in [4.78, 5) is 28.6. The molecule has 8 nitrogen and oxygen atoms in total. The summed E-state index contributed by atoms with van der Waals surface area (Å²) in [5, 5.41) is 9.64. The second-order valence-corrected chi connectivity index (χ2v) is 8.54. The van der Waals surface area contributed by atoms with Crippen LogP contribution in [0.25, 0.3) is 10.9 Å².